The Morgan fingerprint density at radius 2 is 2.11 bits per heavy atom. The van der Waals surface area contributed by atoms with E-state index in [1.165, 1.54) is 6.20 Å². The van der Waals surface area contributed by atoms with E-state index in [9.17, 15) is 4.79 Å². The molecule has 92 valence electrons. The molecule has 0 aliphatic carbocycles. The van der Waals surface area contributed by atoms with Gasteiger partial charge in [0.2, 0.25) is 0 Å². The third-order valence-corrected chi connectivity index (χ3v) is 2.21. The Kier molecular flexibility index (Phi) is 3.86. The highest BCUT2D eigenvalue weighted by Crippen LogP contribution is 2.02. The zero-order valence-electron chi connectivity index (χ0n) is 9.98. The number of nitrogens with zero attached hydrogens (tertiary/aromatic N) is 3. The van der Waals surface area contributed by atoms with E-state index in [2.05, 4.69) is 10.1 Å². The SMILES string of the molecule is CCOC(=O)/N=c1\ccn(-c2ccccc2)nc1. The maximum Gasteiger partial charge on any atom is 0.434 e. The molecule has 0 spiro atoms. The lowest BCUT2D eigenvalue weighted by molar-refractivity contribution is 0.162. The smallest absolute Gasteiger partial charge is 0.434 e. The molecule has 0 aliphatic rings. The minimum atomic E-state index is -0.600. The van der Waals surface area contributed by atoms with E-state index < -0.39 is 6.09 Å². The number of carbonyl (C=O) groups excluding carboxylic acids is 1. The van der Waals surface area contributed by atoms with Gasteiger partial charge in [-0.2, -0.15) is 10.1 Å². The maximum atomic E-state index is 11.1. The molecule has 0 fully saturated rings. The van der Waals surface area contributed by atoms with Crippen molar-refractivity contribution in [3.05, 3.63) is 54.1 Å². The van der Waals surface area contributed by atoms with E-state index in [-0.39, 0.29) is 0 Å². The number of amides is 1. The normalized spacial score (nSPS) is 11.3. The van der Waals surface area contributed by atoms with Gasteiger partial charge >= 0.3 is 6.09 Å². The predicted octanol–water partition coefficient (Wildman–Crippen LogP) is 1.93. The van der Waals surface area contributed by atoms with Gasteiger partial charge in [0.25, 0.3) is 0 Å². The van der Waals surface area contributed by atoms with Crippen LogP contribution in [0.1, 0.15) is 6.92 Å². The molecule has 0 saturated carbocycles. The third kappa shape index (κ3) is 3.04. The van der Waals surface area contributed by atoms with Crippen LogP contribution < -0.4 is 5.36 Å². The van der Waals surface area contributed by atoms with Crippen molar-refractivity contribution in [3.8, 4) is 5.69 Å². The zero-order valence-corrected chi connectivity index (χ0v) is 9.98. The molecule has 0 N–H and O–H groups in total. The van der Waals surface area contributed by atoms with Gasteiger partial charge < -0.3 is 4.74 Å². The highest BCUT2D eigenvalue weighted by molar-refractivity contribution is 5.68. The lowest BCUT2D eigenvalue weighted by Crippen LogP contribution is -2.11. The number of ether oxygens (including phenoxy) is 1. The van der Waals surface area contributed by atoms with Crippen LogP contribution in [0.25, 0.3) is 5.69 Å². The fourth-order valence-corrected chi connectivity index (χ4v) is 1.41. The van der Waals surface area contributed by atoms with Crippen LogP contribution in [0.3, 0.4) is 0 Å². The summed E-state index contributed by atoms with van der Waals surface area (Å²) in [5.41, 5.74) is 0.945. The number of para-hydroxylation sites is 1. The number of carbonyl (C=O) groups is 1. The fourth-order valence-electron chi connectivity index (χ4n) is 1.41. The molecular weight excluding hydrogens is 230 g/mol. The minimum absolute atomic E-state index is 0.312. The van der Waals surface area contributed by atoms with Crippen LogP contribution >= 0.6 is 0 Å². The van der Waals surface area contributed by atoms with Gasteiger partial charge in [0.1, 0.15) is 0 Å². The zero-order chi connectivity index (χ0) is 12.8. The first-order chi connectivity index (χ1) is 8.79. The van der Waals surface area contributed by atoms with Crippen LogP contribution in [-0.4, -0.2) is 22.5 Å². The molecule has 2 aromatic rings. The van der Waals surface area contributed by atoms with Gasteiger partial charge in [0.15, 0.2) is 0 Å². The van der Waals surface area contributed by atoms with Crippen LogP contribution in [0.2, 0.25) is 0 Å². The first-order valence-corrected chi connectivity index (χ1v) is 5.61. The molecule has 1 aromatic carbocycles. The second-order valence-electron chi connectivity index (χ2n) is 3.48. The van der Waals surface area contributed by atoms with Gasteiger partial charge in [-0.05, 0) is 25.1 Å². The van der Waals surface area contributed by atoms with Crippen LogP contribution in [-0.2, 0) is 4.74 Å². The van der Waals surface area contributed by atoms with Crippen molar-refractivity contribution in [3.63, 3.8) is 0 Å². The molecule has 0 unspecified atom stereocenters. The number of hydrogen-bond acceptors (Lipinski definition) is 3. The van der Waals surface area contributed by atoms with E-state index in [1.54, 1.807) is 23.9 Å². The molecule has 1 amide bonds. The predicted molar refractivity (Wildman–Crippen MR) is 66.1 cm³/mol. The molecule has 0 saturated heterocycles. The third-order valence-electron chi connectivity index (χ3n) is 2.21. The van der Waals surface area contributed by atoms with Gasteiger partial charge in [-0.15, -0.1) is 0 Å². The van der Waals surface area contributed by atoms with Crippen molar-refractivity contribution < 1.29 is 9.53 Å². The number of aromatic nitrogens is 2. The summed E-state index contributed by atoms with van der Waals surface area (Å²) < 4.78 is 6.42. The Labute approximate surface area is 104 Å². The molecule has 5 nitrogen and oxygen atoms in total. The Balaban J connectivity index is 2.23. The summed E-state index contributed by atoms with van der Waals surface area (Å²) in [4.78, 5) is 14.9. The molecular formula is C13H13N3O2. The average molecular weight is 243 g/mol. The Morgan fingerprint density at radius 3 is 2.72 bits per heavy atom. The van der Waals surface area contributed by atoms with Crippen molar-refractivity contribution in [1.29, 1.82) is 0 Å². The quantitative estimate of drug-likeness (QED) is 0.809. The summed E-state index contributed by atoms with van der Waals surface area (Å²) >= 11 is 0. The minimum Gasteiger partial charge on any atom is -0.448 e. The molecule has 0 aliphatic heterocycles. The van der Waals surface area contributed by atoms with Gasteiger partial charge in [-0.3, -0.25) is 0 Å². The van der Waals surface area contributed by atoms with Gasteiger partial charge in [-0.1, -0.05) is 18.2 Å². The highest BCUT2D eigenvalue weighted by Gasteiger charge is 1.97. The largest absolute Gasteiger partial charge is 0.448 e. The molecule has 18 heavy (non-hydrogen) atoms. The summed E-state index contributed by atoms with van der Waals surface area (Å²) in [6.45, 7) is 2.05. The average Bonchev–Trinajstić information content (AvgIpc) is 2.41. The van der Waals surface area contributed by atoms with Crippen LogP contribution in [0, 0.1) is 0 Å². The van der Waals surface area contributed by atoms with E-state index in [0.717, 1.165) is 5.69 Å². The summed E-state index contributed by atoms with van der Waals surface area (Å²) in [5, 5.41) is 4.65. The van der Waals surface area contributed by atoms with E-state index in [0.29, 0.717) is 12.0 Å². The summed E-state index contributed by atoms with van der Waals surface area (Å²) in [7, 11) is 0. The van der Waals surface area contributed by atoms with E-state index in [1.807, 2.05) is 30.3 Å². The molecule has 0 radical (unpaired) electrons. The fraction of sp³-hybridized carbons (Fsp3) is 0.154. The maximum absolute atomic E-state index is 11.1. The van der Waals surface area contributed by atoms with Crippen LogP contribution in [0.5, 0.6) is 0 Å². The van der Waals surface area contributed by atoms with E-state index in [4.69, 9.17) is 4.74 Å². The van der Waals surface area contributed by atoms with Crippen LogP contribution in [0.4, 0.5) is 4.79 Å². The molecule has 2 rings (SSSR count). The number of hydrogen-bond donors (Lipinski definition) is 0. The van der Waals surface area contributed by atoms with Crippen molar-refractivity contribution in [2.75, 3.05) is 6.61 Å². The van der Waals surface area contributed by atoms with Crippen molar-refractivity contribution in [2.45, 2.75) is 6.92 Å². The van der Waals surface area contributed by atoms with Crippen molar-refractivity contribution in [2.24, 2.45) is 4.99 Å². The van der Waals surface area contributed by atoms with Crippen molar-refractivity contribution >= 4 is 6.09 Å². The summed E-state index contributed by atoms with van der Waals surface area (Å²) in [5.74, 6) is 0. The molecule has 1 aromatic heterocycles. The second kappa shape index (κ2) is 5.77. The Bertz CT molecular complexity index is 570. The summed E-state index contributed by atoms with van der Waals surface area (Å²) in [6.07, 6.45) is 2.66. The standard InChI is InChI=1S/C13H13N3O2/c1-2-18-13(17)15-11-8-9-16(14-10-11)12-6-4-3-5-7-12/h3-10H,2H2,1H3/b15-11+. The highest BCUT2D eigenvalue weighted by atomic mass is 16.5. The Morgan fingerprint density at radius 1 is 1.33 bits per heavy atom. The lowest BCUT2D eigenvalue weighted by Gasteiger charge is -2.03. The summed E-state index contributed by atoms with van der Waals surface area (Å²) in [6, 6.07) is 11.4. The van der Waals surface area contributed by atoms with Gasteiger partial charge in [0, 0.05) is 6.20 Å². The molecule has 0 bridgehead atoms. The Hall–Kier alpha value is -2.43. The van der Waals surface area contributed by atoms with Gasteiger partial charge in [-0.25, -0.2) is 9.48 Å². The molecule has 1 heterocycles. The second-order valence-corrected chi connectivity index (χ2v) is 3.48. The van der Waals surface area contributed by atoms with Gasteiger partial charge in [0.05, 0.1) is 23.8 Å². The monoisotopic (exact) mass is 243 g/mol. The lowest BCUT2D eigenvalue weighted by atomic mass is 10.3. The molecule has 5 heteroatoms. The number of benzene rings is 1. The first kappa shape index (κ1) is 12.0. The van der Waals surface area contributed by atoms with Crippen molar-refractivity contribution in [1.82, 2.24) is 9.78 Å². The molecule has 0 atom stereocenters. The van der Waals surface area contributed by atoms with E-state index >= 15 is 0 Å². The first-order valence-electron chi connectivity index (χ1n) is 5.61. The van der Waals surface area contributed by atoms with Crippen LogP contribution in [0.15, 0.2) is 53.8 Å². The number of rotatable bonds is 2. The topological polar surface area (TPSA) is 56.5 Å².